The third-order valence-electron chi connectivity index (χ3n) is 6.86. The highest BCUT2D eigenvalue weighted by Crippen LogP contribution is 2.38. The molecule has 190 valence electrons. The molecule has 0 atom stereocenters. The zero-order valence-electron chi connectivity index (χ0n) is 21.6. The van der Waals surface area contributed by atoms with Crippen LogP contribution in [0.25, 0.3) is 33.1 Å². The third-order valence-corrected chi connectivity index (χ3v) is 8.59. The largest absolute Gasteiger partial charge is 0.351 e. The standard InChI is InChI=1S/C28H34N4O3S/c1-6-32(7-2)13-12-29-28(33)22-16-23(20-10-9-11-21(15-20)36(34,35)8-3)25-24-14-18(4)17-30-27(24)31-26(25)19(22)5/h9-11,14-17H,6-8,12-13H2,1-5H3,(H,29,33)(H,30,31). The number of benzene rings is 2. The quantitative estimate of drug-likeness (QED) is 0.338. The van der Waals surface area contributed by atoms with Crippen LogP contribution >= 0.6 is 0 Å². The molecule has 0 radical (unpaired) electrons. The normalized spacial score (nSPS) is 12.1. The zero-order valence-corrected chi connectivity index (χ0v) is 22.4. The molecule has 2 heterocycles. The first-order valence-electron chi connectivity index (χ1n) is 12.5. The minimum Gasteiger partial charge on any atom is -0.351 e. The Labute approximate surface area is 212 Å². The molecule has 2 aromatic heterocycles. The van der Waals surface area contributed by atoms with E-state index in [0.29, 0.717) is 12.1 Å². The van der Waals surface area contributed by atoms with Gasteiger partial charge >= 0.3 is 0 Å². The van der Waals surface area contributed by atoms with E-state index in [0.717, 1.165) is 63.8 Å². The van der Waals surface area contributed by atoms with Gasteiger partial charge in [-0.25, -0.2) is 13.4 Å². The predicted molar refractivity (Wildman–Crippen MR) is 146 cm³/mol. The maximum atomic E-state index is 13.3. The molecule has 8 heteroatoms. The molecule has 1 amide bonds. The van der Waals surface area contributed by atoms with Crippen molar-refractivity contribution in [1.82, 2.24) is 20.2 Å². The number of hydrogen-bond donors (Lipinski definition) is 2. The summed E-state index contributed by atoms with van der Waals surface area (Å²) in [6.45, 7) is 13.0. The van der Waals surface area contributed by atoms with Gasteiger partial charge in [-0.3, -0.25) is 4.79 Å². The van der Waals surface area contributed by atoms with E-state index in [2.05, 4.69) is 40.1 Å². The molecule has 0 aliphatic rings. The van der Waals surface area contributed by atoms with Crippen LogP contribution in [0.2, 0.25) is 0 Å². The van der Waals surface area contributed by atoms with Gasteiger partial charge in [-0.2, -0.15) is 0 Å². The number of pyridine rings is 1. The van der Waals surface area contributed by atoms with Crippen molar-refractivity contribution < 1.29 is 13.2 Å². The fourth-order valence-corrected chi connectivity index (χ4v) is 5.57. The first-order chi connectivity index (χ1) is 17.2. The highest BCUT2D eigenvalue weighted by molar-refractivity contribution is 7.91. The number of amides is 1. The van der Waals surface area contributed by atoms with E-state index in [1.165, 1.54) is 0 Å². The lowest BCUT2D eigenvalue weighted by Gasteiger charge is -2.18. The lowest BCUT2D eigenvalue weighted by molar-refractivity contribution is 0.0948. The first-order valence-corrected chi connectivity index (χ1v) is 14.1. The number of aryl methyl sites for hydroxylation is 2. The summed E-state index contributed by atoms with van der Waals surface area (Å²) in [5.74, 6) is -0.126. The van der Waals surface area contributed by atoms with Crippen LogP contribution in [0.4, 0.5) is 0 Å². The lowest BCUT2D eigenvalue weighted by Crippen LogP contribution is -2.35. The van der Waals surface area contributed by atoms with E-state index < -0.39 is 9.84 Å². The number of rotatable bonds is 9. The molecule has 0 spiro atoms. The van der Waals surface area contributed by atoms with Gasteiger partial charge in [0, 0.05) is 35.6 Å². The van der Waals surface area contributed by atoms with Gasteiger partial charge in [0.15, 0.2) is 9.84 Å². The summed E-state index contributed by atoms with van der Waals surface area (Å²) in [7, 11) is -3.38. The van der Waals surface area contributed by atoms with Gasteiger partial charge in [0.05, 0.1) is 16.2 Å². The van der Waals surface area contributed by atoms with E-state index in [4.69, 9.17) is 0 Å². The second-order valence-electron chi connectivity index (χ2n) is 9.09. The Hall–Kier alpha value is -3.23. The van der Waals surface area contributed by atoms with Crippen LogP contribution in [0, 0.1) is 13.8 Å². The number of H-pyrrole nitrogens is 1. The molecule has 0 aliphatic heterocycles. The fourth-order valence-electron chi connectivity index (χ4n) is 4.65. The average molecular weight is 507 g/mol. The Balaban J connectivity index is 1.90. The Morgan fingerprint density at radius 2 is 1.83 bits per heavy atom. The zero-order chi connectivity index (χ0) is 26.0. The van der Waals surface area contributed by atoms with Crippen LogP contribution < -0.4 is 5.32 Å². The molecular weight excluding hydrogens is 472 g/mol. The smallest absolute Gasteiger partial charge is 0.251 e. The molecule has 0 fully saturated rings. The molecule has 0 bridgehead atoms. The highest BCUT2D eigenvalue weighted by atomic mass is 32.2. The molecule has 7 nitrogen and oxygen atoms in total. The van der Waals surface area contributed by atoms with E-state index in [1.807, 2.05) is 32.2 Å². The van der Waals surface area contributed by atoms with Crippen LogP contribution in [0.5, 0.6) is 0 Å². The van der Waals surface area contributed by atoms with Gasteiger partial charge in [0.1, 0.15) is 5.65 Å². The van der Waals surface area contributed by atoms with Crippen LogP contribution in [0.3, 0.4) is 0 Å². The molecular formula is C28H34N4O3S. The second kappa shape index (κ2) is 10.4. The molecule has 0 unspecified atom stereocenters. The number of nitrogens with one attached hydrogen (secondary N) is 2. The van der Waals surface area contributed by atoms with Crippen molar-refractivity contribution in [2.24, 2.45) is 0 Å². The summed E-state index contributed by atoms with van der Waals surface area (Å²) >= 11 is 0. The van der Waals surface area contributed by atoms with Gasteiger partial charge in [0.25, 0.3) is 5.91 Å². The monoisotopic (exact) mass is 506 g/mol. The summed E-state index contributed by atoms with van der Waals surface area (Å²) in [4.78, 5) is 23.8. The van der Waals surface area contributed by atoms with E-state index >= 15 is 0 Å². The molecule has 0 saturated carbocycles. The van der Waals surface area contributed by atoms with E-state index in [1.54, 1.807) is 25.1 Å². The Morgan fingerprint density at radius 3 is 2.53 bits per heavy atom. The third kappa shape index (κ3) is 4.88. The summed E-state index contributed by atoms with van der Waals surface area (Å²) < 4.78 is 25.2. The molecule has 0 aliphatic carbocycles. The van der Waals surface area contributed by atoms with E-state index in [9.17, 15) is 13.2 Å². The van der Waals surface area contributed by atoms with Gasteiger partial charge < -0.3 is 15.2 Å². The fraction of sp³-hybridized carbons (Fsp3) is 0.357. The maximum absolute atomic E-state index is 13.3. The highest BCUT2D eigenvalue weighted by Gasteiger charge is 2.21. The minimum absolute atomic E-state index is 0.0240. The van der Waals surface area contributed by atoms with Crippen molar-refractivity contribution in [2.75, 3.05) is 31.9 Å². The van der Waals surface area contributed by atoms with Crippen LogP contribution in [-0.4, -0.2) is 61.1 Å². The number of carbonyl (C=O) groups excluding carboxylic acids is 1. The summed E-state index contributed by atoms with van der Waals surface area (Å²) in [5.41, 5.74) is 5.53. The predicted octanol–water partition coefficient (Wildman–Crippen LogP) is 4.87. The van der Waals surface area contributed by atoms with Crippen molar-refractivity contribution in [2.45, 2.75) is 39.5 Å². The van der Waals surface area contributed by atoms with Crippen molar-refractivity contribution in [1.29, 1.82) is 0 Å². The minimum atomic E-state index is -3.38. The summed E-state index contributed by atoms with van der Waals surface area (Å²) in [6, 6.07) is 10.9. The van der Waals surface area contributed by atoms with Gasteiger partial charge in [-0.15, -0.1) is 0 Å². The van der Waals surface area contributed by atoms with Crippen LogP contribution in [0.15, 0.2) is 47.5 Å². The van der Waals surface area contributed by atoms with Crippen LogP contribution in [-0.2, 0) is 9.84 Å². The van der Waals surface area contributed by atoms with Gasteiger partial charge in [-0.1, -0.05) is 32.9 Å². The molecule has 4 aromatic rings. The second-order valence-corrected chi connectivity index (χ2v) is 11.4. The SMILES string of the molecule is CCN(CC)CCNC(=O)c1cc(-c2cccc(S(=O)(=O)CC)c2)c2c([nH]c3ncc(C)cc32)c1C. The summed E-state index contributed by atoms with van der Waals surface area (Å²) in [5, 5.41) is 4.94. The Bertz CT molecular complexity index is 1540. The number of aromatic nitrogens is 2. The van der Waals surface area contributed by atoms with Crippen molar-refractivity contribution in [3.05, 3.63) is 59.3 Å². The molecule has 2 N–H and O–H groups in total. The Kier molecular flexibility index (Phi) is 7.47. The number of carbonyl (C=O) groups is 1. The number of fused-ring (bicyclic) bond motifs is 3. The number of aromatic amines is 1. The van der Waals surface area contributed by atoms with E-state index in [-0.39, 0.29) is 16.6 Å². The topological polar surface area (TPSA) is 95.2 Å². The number of hydrogen-bond acceptors (Lipinski definition) is 5. The molecule has 2 aromatic carbocycles. The Morgan fingerprint density at radius 1 is 1.08 bits per heavy atom. The van der Waals surface area contributed by atoms with Gasteiger partial charge in [0.2, 0.25) is 0 Å². The first kappa shape index (κ1) is 25.9. The number of sulfone groups is 1. The molecule has 4 rings (SSSR count). The van der Waals surface area contributed by atoms with Crippen molar-refractivity contribution >= 4 is 37.7 Å². The lowest BCUT2D eigenvalue weighted by atomic mass is 9.93. The molecule has 0 saturated heterocycles. The number of likely N-dealkylation sites (N-methyl/N-ethyl adjacent to an activating group) is 1. The summed E-state index contributed by atoms with van der Waals surface area (Å²) in [6.07, 6.45) is 1.81. The van der Waals surface area contributed by atoms with Crippen molar-refractivity contribution in [3.63, 3.8) is 0 Å². The van der Waals surface area contributed by atoms with Crippen molar-refractivity contribution in [3.8, 4) is 11.1 Å². The number of nitrogens with zero attached hydrogens (tertiary/aromatic N) is 2. The van der Waals surface area contributed by atoms with Crippen LogP contribution in [0.1, 0.15) is 42.3 Å². The van der Waals surface area contributed by atoms with Gasteiger partial charge in [-0.05, 0) is 73.5 Å². The maximum Gasteiger partial charge on any atom is 0.251 e. The average Bonchev–Trinajstić information content (AvgIpc) is 3.26. The molecule has 36 heavy (non-hydrogen) atoms.